The molecule has 0 aliphatic carbocycles. The van der Waals surface area contributed by atoms with Crippen LogP contribution in [0.3, 0.4) is 0 Å². The monoisotopic (exact) mass is 279 g/mol. The third kappa shape index (κ3) is 7.76. The molecule has 0 saturated carbocycles. The Kier molecular flexibility index (Phi) is 1.45. The van der Waals surface area contributed by atoms with Gasteiger partial charge in [0.25, 0.3) is 0 Å². The zero-order valence-corrected chi connectivity index (χ0v) is 8.92. The summed E-state index contributed by atoms with van der Waals surface area (Å²) in [4.78, 5) is 23.6. The van der Waals surface area contributed by atoms with Crippen LogP contribution in [0.1, 0.15) is 66.2 Å². The van der Waals surface area contributed by atoms with Crippen LogP contribution < -0.4 is 11.1 Å². The lowest BCUT2D eigenvalue weighted by Crippen LogP contribution is -2.37. The lowest BCUT2D eigenvalue weighted by molar-refractivity contribution is 0.0333. The van der Waals surface area contributed by atoms with E-state index in [2.05, 4.69) is 9.47 Å². The van der Waals surface area contributed by atoms with E-state index >= 15 is 0 Å². The summed E-state index contributed by atoms with van der Waals surface area (Å²) in [5.74, 6) is 0. The van der Waals surface area contributed by atoms with Crippen molar-refractivity contribution in [1.82, 2.24) is 5.32 Å². The zero-order chi connectivity index (χ0) is 30.5. The minimum absolute atomic E-state index is 1.12. The Labute approximate surface area is 135 Å². The lowest BCUT2D eigenvalue weighted by atomic mass is 9.87. The van der Waals surface area contributed by atoms with E-state index in [9.17, 15) is 9.59 Å². The summed E-state index contributed by atoms with van der Waals surface area (Å²) < 4.78 is 152. The first-order chi connectivity index (χ1) is 15.8. The number of hydrogen-bond acceptors (Lipinski definition) is 4. The second-order valence-corrected chi connectivity index (χ2v) is 2.75. The van der Waals surface area contributed by atoms with Gasteiger partial charge < -0.3 is 20.5 Å². The molecule has 2 amide bonds. The molecule has 18 heavy (non-hydrogen) atoms. The van der Waals surface area contributed by atoms with E-state index in [1.807, 2.05) is 0 Å². The maximum Gasteiger partial charge on any atom is 0.407 e. The van der Waals surface area contributed by atoms with Gasteiger partial charge in [-0.3, -0.25) is 0 Å². The van der Waals surface area contributed by atoms with Gasteiger partial charge in [0.15, 0.2) is 0 Å². The molecule has 0 bridgehead atoms. The van der Waals surface area contributed by atoms with Crippen LogP contribution in [0.15, 0.2) is 0 Å². The van der Waals surface area contributed by atoms with Crippen molar-refractivity contribution in [3.05, 3.63) is 0 Å². The summed E-state index contributed by atoms with van der Waals surface area (Å²) in [6, 6.07) is -3.80. The van der Waals surface area contributed by atoms with Crippen LogP contribution in [0.4, 0.5) is 9.59 Å². The largest absolute Gasteiger partial charge is 0.449 e. The zero-order valence-electron chi connectivity index (χ0n) is 27.9. The standard InChI is InChI=1S/C12H24N2O4/c1-5-6-12(4,7-17-10(13)15)8-18-11(16)14-9(2)3/h9H,5-8H2,1-4H3,(H2,13,15)(H,14,16)/i1D3,2D3,3D3,4D3,5D2,6D2,7D2,9D. The molecule has 0 saturated heterocycles. The van der Waals surface area contributed by atoms with Gasteiger partial charge in [0.2, 0.25) is 0 Å². The molecule has 0 aliphatic heterocycles. The number of amides is 2. The first-order valence-corrected chi connectivity index (χ1v) is 4.20. The Morgan fingerprint density at radius 1 is 1.56 bits per heavy atom. The summed E-state index contributed by atoms with van der Waals surface area (Å²) in [5.41, 5.74) is 0.461. The molecule has 0 aromatic rings. The fourth-order valence-electron chi connectivity index (χ4n) is 0.647. The third-order valence-electron chi connectivity index (χ3n) is 1.25. The summed E-state index contributed by atoms with van der Waals surface area (Å²) in [5, 5.41) is 1.12. The van der Waals surface area contributed by atoms with Crippen molar-refractivity contribution in [2.45, 2.75) is 46.2 Å². The van der Waals surface area contributed by atoms with Crippen LogP contribution in [0, 0.1) is 5.41 Å². The molecule has 6 heteroatoms. The smallest absolute Gasteiger partial charge is 0.407 e. The number of ether oxygens (including phenoxy) is 2. The number of carbonyl (C=O) groups excluding carboxylic acids is 2. The summed E-state index contributed by atoms with van der Waals surface area (Å²) >= 11 is 0. The molecule has 6 nitrogen and oxygen atoms in total. The Balaban J connectivity index is 7.08. The molecule has 0 spiro atoms. The molecule has 3 N–H and O–H groups in total. The van der Waals surface area contributed by atoms with E-state index in [-0.39, 0.29) is 0 Å². The molecule has 1 unspecified atom stereocenters. The number of rotatable bonds is 7. The van der Waals surface area contributed by atoms with E-state index in [1.54, 1.807) is 0 Å². The molecule has 0 aromatic heterocycles. The van der Waals surface area contributed by atoms with Crippen molar-refractivity contribution in [3.63, 3.8) is 0 Å². The van der Waals surface area contributed by atoms with Crippen LogP contribution in [-0.2, 0) is 9.47 Å². The third-order valence-corrected chi connectivity index (χ3v) is 1.25. The van der Waals surface area contributed by atoms with Crippen molar-refractivity contribution in [2.24, 2.45) is 11.1 Å². The molecular formula is C12H24N2O4. The van der Waals surface area contributed by atoms with E-state index in [0.717, 1.165) is 5.32 Å². The van der Waals surface area contributed by atoms with Crippen LogP contribution in [0.5, 0.6) is 0 Å². The molecule has 106 valence electrons. The normalized spacial score (nSPS) is 35.2. The maximum atomic E-state index is 12.3. The minimum atomic E-state index is -4.44. The summed E-state index contributed by atoms with van der Waals surface area (Å²) in [6.45, 7) is -22.2. The van der Waals surface area contributed by atoms with Gasteiger partial charge in [-0.2, -0.15) is 0 Å². The van der Waals surface area contributed by atoms with Gasteiger partial charge in [0.1, 0.15) is 13.2 Å². The fraction of sp³-hybridized carbons (Fsp3) is 0.833. The average Bonchev–Trinajstić information content (AvgIpc) is 2.55. The Hall–Kier alpha value is -1.46. The molecule has 0 aromatic carbocycles. The molecule has 0 heterocycles. The molecule has 0 rings (SSSR count). The van der Waals surface area contributed by atoms with E-state index in [1.165, 1.54) is 0 Å². The Bertz CT molecular complexity index is 843. The molecule has 0 radical (unpaired) electrons. The van der Waals surface area contributed by atoms with E-state index in [4.69, 9.17) is 31.8 Å². The van der Waals surface area contributed by atoms with Gasteiger partial charge in [-0.1, -0.05) is 20.1 Å². The van der Waals surface area contributed by atoms with Gasteiger partial charge in [-0.15, -0.1) is 0 Å². The first kappa shape index (κ1) is 3.35. The van der Waals surface area contributed by atoms with Crippen LogP contribution in [0.2, 0.25) is 0 Å². The number of nitrogens with one attached hydrogen (secondary N) is 1. The Morgan fingerprint density at radius 3 is 2.89 bits per heavy atom. The van der Waals surface area contributed by atoms with Crippen LogP contribution in [0.25, 0.3) is 0 Å². The maximum absolute atomic E-state index is 12.3. The van der Waals surface area contributed by atoms with E-state index in [0.29, 0.717) is 0 Å². The number of primary amides is 1. The van der Waals surface area contributed by atoms with E-state index < -0.39 is 76.9 Å². The number of carbonyl (C=O) groups is 2. The topological polar surface area (TPSA) is 90.7 Å². The second-order valence-electron chi connectivity index (χ2n) is 2.75. The molecule has 1 atom stereocenters. The van der Waals surface area contributed by atoms with Crippen molar-refractivity contribution >= 4 is 12.2 Å². The highest BCUT2D eigenvalue weighted by Gasteiger charge is 2.27. The van der Waals surface area contributed by atoms with Gasteiger partial charge in [0.05, 0.1) is 4.11 Å². The van der Waals surface area contributed by atoms with Crippen LogP contribution in [-0.4, -0.2) is 31.4 Å². The molecule has 0 aliphatic rings. The molecular weight excluding hydrogens is 236 g/mol. The van der Waals surface area contributed by atoms with Gasteiger partial charge in [-0.25, -0.2) is 9.59 Å². The number of hydrogen-bond donors (Lipinski definition) is 2. The Morgan fingerprint density at radius 2 is 2.33 bits per heavy atom. The van der Waals surface area contributed by atoms with Crippen molar-refractivity contribution in [1.29, 1.82) is 0 Å². The van der Waals surface area contributed by atoms with Crippen molar-refractivity contribution in [3.8, 4) is 0 Å². The quantitative estimate of drug-likeness (QED) is 0.746. The fourth-order valence-corrected chi connectivity index (χ4v) is 0.647. The van der Waals surface area contributed by atoms with Gasteiger partial charge in [0, 0.05) is 33.4 Å². The highest BCUT2D eigenvalue weighted by Crippen LogP contribution is 2.24. The SMILES string of the molecule is [2H]C([2H])([2H])C([2H])([2H])C([2H])([2H])C(COC(=O)NC([2H])(C([2H])([2H])[2H])C([2H])([2H])[2H])(C([2H])([2H])[2H])C([2H])([2H])OC(N)=O. The summed E-state index contributed by atoms with van der Waals surface area (Å²) in [6.07, 6.45) is -13.0. The summed E-state index contributed by atoms with van der Waals surface area (Å²) in [7, 11) is 0. The van der Waals surface area contributed by atoms with Crippen LogP contribution >= 0.6 is 0 Å². The molecule has 0 fully saturated rings. The van der Waals surface area contributed by atoms with Crippen molar-refractivity contribution in [2.75, 3.05) is 13.2 Å². The minimum Gasteiger partial charge on any atom is -0.449 e. The second kappa shape index (κ2) is 7.79. The van der Waals surface area contributed by atoms with Crippen molar-refractivity contribution < 1.29 is 45.1 Å². The van der Waals surface area contributed by atoms with Gasteiger partial charge >= 0.3 is 12.2 Å². The van der Waals surface area contributed by atoms with Gasteiger partial charge in [-0.05, 0) is 20.1 Å². The predicted octanol–water partition coefficient (Wildman–Crippen LogP) is 2.02. The number of alkyl carbamates (subject to hydrolysis) is 1. The first-order valence-electron chi connectivity index (χ1n) is 13.7. The predicted molar refractivity (Wildman–Crippen MR) is 68.2 cm³/mol. The average molecular weight is 279 g/mol. The number of nitrogens with two attached hydrogens (primary N) is 1. The lowest BCUT2D eigenvalue weighted by Gasteiger charge is -2.27. The highest BCUT2D eigenvalue weighted by atomic mass is 16.6. The highest BCUT2D eigenvalue weighted by molar-refractivity contribution is 5.67.